The highest BCUT2D eigenvalue weighted by molar-refractivity contribution is 5.93. The van der Waals surface area contributed by atoms with E-state index in [2.05, 4.69) is 32.9 Å². The van der Waals surface area contributed by atoms with Crippen LogP contribution in [0.5, 0.6) is 5.75 Å². The van der Waals surface area contributed by atoms with Gasteiger partial charge in [-0.25, -0.2) is 4.79 Å². The molecule has 2 aliphatic heterocycles. The van der Waals surface area contributed by atoms with Gasteiger partial charge in [0.15, 0.2) is 0 Å². The minimum absolute atomic E-state index is 0.0262. The van der Waals surface area contributed by atoms with Crippen LogP contribution in [-0.4, -0.2) is 68.6 Å². The predicted octanol–water partition coefficient (Wildman–Crippen LogP) is 6.26. The molecular formula is C34H55NO8. The molecule has 0 aromatic heterocycles. The van der Waals surface area contributed by atoms with Crippen LogP contribution in [0.2, 0.25) is 0 Å². The zero-order valence-electron chi connectivity index (χ0n) is 27.3. The zero-order valence-corrected chi connectivity index (χ0v) is 27.3. The molecular weight excluding hydrogens is 550 g/mol. The smallest absolute Gasteiger partial charge is 0.339 e. The van der Waals surface area contributed by atoms with Crippen LogP contribution in [-0.2, 0) is 15.9 Å². The van der Waals surface area contributed by atoms with Gasteiger partial charge in [-0.2, -0.15) is 4.91 Å². The molecule has 12 unspecified atom stereocenters. The number of phenols is 1. The second-order valence-electron chi connectivity index (χ2n) is 13.5. The van der Waals surface area contributed by atoms with Gasteiger partial charge in [-0.1, -0.05) is 65.3 Å². The van der Waals surface area contributed by atoms with Crippen molar-refractivity contribution in [1.29, 1.82) is 0 Å². The normalized spacial score (nSPS) is 33.0. The first-order valence-corrected chi connectivity index (χ1v) is 16.3. The largest absolute Gasteiger partial charge is 0.507 e. The number of nitrogens with zero attached hydrogens (tertiary/aromatic N) is 1. The summed E-state index contributed by atoms with van der Waals surface area (Å²) in [5, 5.41) is 46.1. The van der Waals surface area contributed by atoms with Gasteiger partial charge < -0.3 is 29.9 Å². The van der Waals surface area contributed by atoms with E-state index in [1.54, 1.807) is 19.1 Å². The molecule has 12 atom stereocenters. The molecule has 3 rings (SSSR count). The molecule has 0 amide bonds. The summed E-state index contributed by atoms with van der Waals surface area (Å²) >= 11 is 0. The van der Waals surface area contributed by atoms with Crippen molar-refractivity contribution < 1.29 is 34.7 Å². The predicted molar refractivity (Wildman–Crippen MR) is 166 cm³/mol. The van der Waals surface area contributed by atoms with Crippen molar-refractivity contribution in [2.75, 3.05) is 0 Å². The number of aromatic carboxylic acids is 1. The van der Waals surface area contributed by atoms with Gasteiger partial charge in [0.2, 0.25) is 0 Å². The Balaban J connectivity index is 1.75. The number of carbonyl (C=O) groups is 1. The molecule has 9 nitrogen and oxygen atoms in total. The van der Waals surface area contributed by atoms with Gasteiger partial charge in [0, 0.05) is 11.8 Å². The summed E-state index contributed by atoms with van der Waals surface area (Å²) in [6.07, 6.45) is 2.32. The van der Waals surface area contributed by atoms with Crippen molar-refractivity contribution in [3.05, 3.63) is 33.7 Å². The Morgan fingerprint density at radius 1 is 1.19 bits per heavy atom. The second-order valence-corrected chi connectivity index (χ2v) is 13.5. The third-order valence-corrected chi connectivity index (χ3v) is 10.8. The number of aromatic hydroxyl groups is 1. The summed E-state index contributed by atoms with van der Waals surface area (Å²) in [4.78, 5) is 24.2. The Bertz CT molecular complexity index is 1100. The van der Waals surface area contributed by atoms with E-state index in [4.69, 9.17) is 9.47 Å². The highest BCUT2D eigenvalue weighted by atomic mass is 16.6. The van der Waals surface area contributed by atoms with Gasteiger partial charge in [-0.15, -0.1) is 0 Å². The lowest BCUT2D eigenvalue weighted by atomic mass is 9.74. The highest BCUT2D eigenvalue weighted by Crippen LogP contribution is 2.49. The number of hydrogen-bond acceptors (Lipinski definition) is 8. The first-order chi connectivity index (χ1) is 20.3. The van der Waals surface area contributed by atoms with Crippen molar-refractivity contribution in [3.63, 3.8) is 0 Å². The molecule has 2 heterocycles. The maximum atomic E-state index is 12.4. The van der Waals surface area contributed by atoms with Crippen molar-refractivity contribution in [2.45, 2.75) is 142 Å². The fourth-order valence-electron chi connectivity index (χ4n) is 7.94. The third-order valence-electron chi connectivity index (χ3n) is 10.8. The number of nitroso groups, excluding NO2 is 1. The summed E-state index contributed by atoms with van der Waals surface area (Å²) in [7, 11) is 0. The van der Waals surface area contributed by atoms with E-state index in [1.807, 2.05) is 20.8 Å². The Labute approximate surface area is 257 Å². The van der Waals surface area contributed by atoms with E-state index in [-0.39, 0.29) is 41.3 Å². The lowest BCUT2D eigenvalue weighted by Crippen LogP contribution is -2.56. The number of aliphatic hydroxyl groups excluding tert-OH is 2. The lowest BCUT2D eigenvalue weighted by Gasteiger charge is -2.46. The Kier molecular flexibility index (Phi) is 12.2. The van der Waals surface area contributed by atoms with Gasteiger partial charge in [0.25, 0.3) is 0 Å². The molecule has 1 aromatic rings. The van der Waals surface area contributed by atoms with E-state index in [1.165, 1.54) is 0 Å². The lowest BCUT2D eigenvalue weighted by molar-refractivity contribution is -0.229. The van der Waals surface area contributed by atoms with E-state index in [9.17, 15) is 30.1 Å². The van der Waals surface area contributed by atoms with Crippen LogP contribution in [0.3, 0.4) is 0 Å². The fourth-order valence-corrected chi connectivity index (χ4v) is 7.94. The van der Waals surface area contributed by atoms with Crippen LogP contribution in [0.15, 0.2) is 17.3 Å². The number of carboxylic acid groups (broad SMARTS) is 1. The first-order valence-electron chi connectivity index (χ1n) is 16.3. The number of benzene rings is 1. The number of carboxylic acids is 1. The number of aryl methyl sites for hydroxylation is 2. The molecule has 2 saturated heterocycles. The average Bonchev–Trinajstić information content (AvgIpc) is 3.32. The first kappa shape index (κ1) is 35.4. The zero-order chi connectivity index (χ0) is 32.2. The van der Waals surface area contributed by atoms with Gasteiger partial charge in [0.1, 0.15) is 23.5 Å². The van der Waals surface area contributed by atoms with Crippen LogP contribution in [0.25, 0.3) is 0 Å². The Hall–Kier alpha value is -2.07. The summed E-state index contributed by atoms with van der Waals surface area (Å²) in [6, 6.07) is 2.71. The van der Waals surface area contributed by atoms with Crippen LogP contribution in [0.1, 0.15) is 108 Å². The molecule has 244 valence electrons. The minimum atomic E-state index is -1.19. The minimum Gasteiger partial charge on any atom is -0.507 e. The molecule has 1 aromatic carbocycles. The fraction of sp³-hybridized carbons (Fsp3) is 0.794. The molecule has 2 fully saturated rings. The third kappa shape index (κ3) is 7.26. The van der Waals surface area contributed by atoms with Crippen molar-refractivity contribution in [2.24, 2.45) is 34.8 Å². The van der Waals surface area contributed by atoms with Gasteiger partial charge >= 0.3 is 5.97 Å². The van der Waals surface area contributed by atoms with E-state index in [0.29, 0.717) is 55.6 Å². The molecule has 9 heteroatoms. The van der Waals surface area contributed by atoms with Crippen molar-refractivity contribution >= 4 is 5.97 Å². The van der Waals surface area contributed by atoms with E-state index >= 15 is 0 Å². The van der Waals surface area contributed by atoms with Crippen LogP contribution in [0.4, 0.5) is 0 Å². The molecule has 0 spiro atoms. The van der Waals surface area contributed by atoms with E-state index < -0.39 is 41.8 Å². The van der Waals surface area contributed by atoms with Crippen molar-refractivity contribution in [3.8, 4) is 5.75 Å². The van der Waals surface area contributed by atoms with Crippen LogP contribution >= 0.6 is 0 Å². The Morgan fingerprint density at radius 2 is 1.86 bits per heavy atom. The summed E-state index contributed by atoms with van der Waals surface area (Å²) in [6.45, 7) is 15.8. The highest BCUT2D eigenvalue weighted by Gasteiger charge is 2.56. The van der Waals surface area contributed by atoms with Gasteiger partial charge in [0.05, 0.1) is 30.0 Å². The SMILES string of the molecule is CCC1CC(O)C(C2(CC)CC(C)C(C(CC)C(N=O)C(C)C(O)C(C)CCc3ccc(C)c(O)c3C(=O)O)O2)OC1C. The molecule has 0 saturated carbocycles. The molecule has 0 aliphatic carbocycles. The molecule has 4 N–H and O–H groups in total. The molecule has 0 bridgehead atoms. The van der Waals surface area contributed by atoms with E-state index in [0.717, 1.165) is 6.42 Å². The van der Waals surface area contributed by atoms with Gasteiger partial charge in [-0.05, 0) is 81.3 Å². The maximum absolute atomic E-state index is 12.4. The monoisotopic (exact) mass is 605 g/mol. The average molecular weight is 606 g/mol. The molecule has 0 radical (unpaired) electrons. The molecule has 43 heavy (non-hydrogen) atoms. The van der Waals surface area contributed by atoms with Gasteiger partial charge in [-0.3, -0.25) is 0 Å². The number of ether oxygens (including phenoxy) is 2. The summed E-state index contributed by atoms with van der Waals surface area (Å²) in [5.74, 6) is -1.95. The topological polar surface area (TPSA) is 146 Å². The van der Waals surface area contributed by atoms with Crippen molar-refractivity contribution in [1.82, 2.24) is 0 Å². The van der Waals surface area contributed by atoms with Crippen LogP contribution in [0, 0.1) is 41.4 Å². The second kappa shape index (κ2) is 14.8. The number of rotatable bonds is 14. The number of aliphatic hydroxyl groups is 2. The quantitative estimate of drug-likeness (QED) is 0.182. The maximum Gasteiger partial charge on any atom is 0.339 e. The summed E-state index contributed by atoms with van der Waals surface area (Å²) in [5.41, 5.74) is 0.239. The molecule has 2 aliphatic rings. The standard InChI is InChI=1S/C34H55NO8/c1-9-23-16-26(36)32(42-22(23)8)34(11-3)17-20(6)31(43-34)25(10-2)28(35-41)21(7)29(37)18(4)12-14-24-15-13-19(5)30(38)27(24)33(39)40/h13,15,18,20-23,25-26,28-29,31-32,36-38H,9-12,14,16-17H2,1-8H3,(H,39,40). The van der Waals surface area contributed by atoms with Crippen LogP contribution < -0.4 is 0 Å². The Morgan fingerprint density at radius 3 is 2.42 bits per heavy atom. The summed E-state index contributed by atoms with van der Waals surface area (Å²) < 4.78 is 13.3. The number of hydrogen-bond donors (Lipinski definition) is 4.